The number of hydrogen-bond acceptors (Lipinski definition) is 6. The molecule has 0 aliphatic carbocycles. The molecule has 1 amide bonds. The molecule has 0 fully saturated rings. The van der Waals surface area contributed by atoms with E-state index in [1.165, 1.54) is 15.6 Å². The highest BCUT2D eigenvalue weighted by Gasteiger charge is 2.37. The first-order valence-electron chi connectivity index (χ1n) is 10.2. The Labute approximate surface area is 196 Å². The minimum absolute atomic E-state index is 0.0297. The molecule has 33 heavy (non-hydrogen) atoms. The van der Waals surface area contributed by atoms with E-state index in [2.05, 4.69) is 10.3 Å². The largest absolute Gasteiger partial charge is 0.319 e. The van der Waals surface area contributed by atoms with Crippen molar-refractivity contribution >= 4 is 33.0 Å². The van der Waals surface area contributed by atoms with Gasteiger partial charge in [0.2, 0.25) is 5.91 Å². The summed E-state index contributed by atoms with van der Waals surface area (Å²) in [4.78, 5) is 14.1. The van der Waals surface area contributed by atoms with Crippen LogP contribution in [-0.2, 0) is 26.6 Å². The molecule has 0 saturated heterocycles. The first-order chi connectivity index (χ1) is 15.4. The third-order valence-corrected chi connectivity index (χ3v) is 7.45. The Morgan fingerprint density at radius 1 is 1.18 bits per heavy atom. The molecule has 0 unspecified atom stereocenters. The van der Waals surface area contributed by atoms with Crippen LogP contribution >= 0.6 is 11.6 Å². The minimum atomic E-state index is -4.03. The van der Waals surface area contributed by atoms with Crippen molar-refractivity contribution in [3.05, 3.63) is 64.7 Å². The van der Waals surface area contributed by atoms with Crippen LogP contribution in [0.5, 0.6) is 0 Å². The van der Waals surface area contributed by atoms with Crippen molar-refractivity contribution in [2.24, 2.45) is 5.73 Å². The summed E-state index contributed by atoms with van der Waals surface area (Å²) in [6, 6.07) is 7.69. The lowest BCUT2D eigenvalue weighted by Gasteiger charge is -2.25. The van der Waals surface area contributed by atoms with Crippen molar-refractivity contribution < 1.29 is 17.6 Å². The molecule has 1 aliphatic heterocycles. The fourth-order valence-electron chi connectivity index (χ4n) is 3.55. The summed E-state index contributed by atoms with van der Waals surface area (Å²) in [5, 5.41) is 8.63. The molecule has 8 nitrogen and oxygen atoms in total. The molecule has 11 heteroatoms. The predicted molar refractivity (Wildman–Crippen MR) is 123 cm³/mol. The summed E-state index contributed by atoms with van der Waals surface area (Å²) in [6.07, 6.45) is 1.58. The maximum Gasteiger partial charge on any atom is 0.245 e. The second-order valence-electron chi connectivity index (χ2n) is 9.01. The lowest BCUT2D eigenvalue weighted by Crippen LogP contribution is -2.45. The van der Waals surface area contributed by atoms with Crippen molar-refractivity contribution in [3.8, 4) is 5.69 Å². The minimum Gasteiger partial charge on any atom is -0.319 e. The number of sulfone groups is 1. The van der Waals surface area contributed by atoms with Crippen LogP contribution in [0.25, 0.3) is 5.69 Å². The molecule has 0 bridgehead atoms. The SMILES string of the molecule is CC(C)(C)c1cn(-c2cc3c(cc2F)S(=O)(=O)C[C@H](N)C(=O)N3Cc2ccc(Cl)cc2)nn1. The molecule has 0 spiro atoms. The van der Waals surface area contributed by atoms with E-state index in [4.69, 9.17) is 17.3 Å². The third kappa shape index (κ3) is 4.50. The fraction of sp³-hybridized carbons (Fsp3) is 0.318. The zero-order valence-corrected chi connectivity index (χ0v) is 19.9. The van der Waals surface area contributed by atoms with Crippen LogP contribution in [0.15, 0.2) is 47.5 Å². The average Bonchev–Trinajstić information content (AvgIpc) is 3.21. The molecule has 2 aromatic carbocycles. The van der Waals surface area contributed by atoms with Crippen LogP contribution in [0.1, 0.15) is 32.0 Å². The van der Waals surface area contributed by atoms with Crippen molar-refractivity contribution in [1.82, 2.24) is 15.0 Å². The summed E-state index contributed by atoms with van der Waals surface area (Å²) in [6.45, 7) is 5.85. The van der Waals surface area contributed by atoms with Gasteiger partial charge in [-0.25, -0.2) is 17.5 Å². The van der Waals surface area contributed by atoms with Gasteiger partial charge in [-0.2, -0.15) is 0 Å². The second kappa shape index (κ2) is 8.19. The van der Waals surface area contributed by atoms with Crippen LogP contribution in [0.3, 0.4) is 0 Å². The summed E-state index contributed by atoms with van der Waals surface area (Å²) in [7, 11) is -4.03. The molecule has 2 N–H and O–H groups in total. The Balaban J connectivity index is 1.89. The molecular formula is C22H23ClFN5O3S. The normalized spacial score (nSPS) is 18.2. The summed E-state index contributed by atoms with van der Waals surface area (Å²) >= 11 is 5.95. The summed E-state index contributed by atoms with van der Waals surface area (Å²) in [5.74, 6) is -2.01. The van der Waals surface area contributed by atoms with E-state index in [0.29, 0.717) is 16.3 Å². The van der Waals surface area contributed by atoms with E-state index >= 15 is 4.39 Å². The smallest absolute Gasteiger partial charge is 0.245 e. The topological polar surface area (TPSA) is 111 Å². The van der Waals surface area contributed by atoms with Gasteiger partial charge in [-0.05, 0) is 29.8 Å². The van der Waals surface area contributed by atoms with Crippen molar-refractivity contribution in [2.45, 2.75) is 43.7 Å². The molecule has 2 heterocycles. The number of anilines is 1. The number of benzene rings is 2. The maximum absolute atomic E-state index is 15.1. The van der Waals surface area contributed by atoms with Gasteiger partial charge in [-0.15, -0.1) is 5.10 Å². The first-order valence-corrected chi connectivity index (χ1v) is 12.2. The first kappa shape index (κ1) is 23.3. The molecule has 1 aromatic heterocycles. The van der Waals surface area contributed by atoms with Gasteiger partial charge in [-0.3, -0.25) is 4.79 Å². The number of rotatable bonds is 3. The van der Waals surface area contributed by atoms with E-state index in [1.54, 1.807) is 30.5 Å². The van der Waals surface area contributed by atoms with Gasteiger partial charge >= 0.3 is 0 Å². The van der Waals surface area contributed by atoms with Gasteiger partial charge < -0.3 is 10.6 Å². The number of fused-ring (bicyclic) bond motifs is 1. The Hall–Kier alpha value is -2.82. The number of carbonyl (C=O) groups excluding carboxylic acids is 1. The number of amides is 1. The Morgan fingerprint density at radius 3 is 2.45 bits per heavy atom. The fourth-order valence-corrected chi connectivity index (χ4v) is 5.24. The zero-order valence-electron chi connectivity index (χ0n) is 18.3. The predicted octanol–water partition coefficient (Wildman–Crippen LogP) is 3.01. The van der Waals surface area contributed by atoms with Crippen molar-refractivity contribution in [3.63, 3.8) is 0 Å². The number of hydrogen-bond donors (Lipinski definition) is 1. The molecule has 174 valence electrons. The zero-order chi connectivity index (χ0) is 24.1. The lowest BCUT2D eigenvalue weighted by molar-refractivity contribution is -0.119. The molecule has 0 saturated carbocycles. The molecule has 4 rings (SSSR count). The standard InChI is InChI=1S/C22H23ClFN5O3S/c1-22(2,3)20-11-29(27-26-20)17-9-18-19(8-15(17)24)33(31,32)12-16(25)21(30)28(18)10-13-4-6-14(23)7-5-13/h4-9,11,16H,10,12,25H2,1-3H3/t16-/m0/s1. The van der Waals surface area contributed by atoms with Crippen LogP contribution in [0, 0.1) is 5.82 Å². The number of carbonyl (C=O) groups is 1. The van der Waals surface area contributed by atoms with Crippen LogP contribution in [0.2, 0.25) is 5.02 Å². The highest BCUT2D eigenvalue weighted by molar-refractivity contribution is 7.91. The molecule has 1 atom stereocenters. The van der Waals surface area contributed by atoms with Gasteiger partial charge in [0.25, 0.3) is 0 Å². The van der Waals surface area contributed by atoms with Gasteiger partial charge in [0, 0.05) is 10.4 Å². The van der Waals surface area contributed by atoms with Gasteiger partial charge in [0.15, 0.2) is 9.84 Å². The Kier molecular flexibility index (Phi) is 5.80. The highest BCUT2D eigenvalue weighted by atomic mass is 35.5. The lowest BCUT2D eigenvalue weighted by atomic mass is 9.93. The maximum atomic E-state index is 15.1. The van der Waals surface area contributed by atoms with Crippen molar-refractivity contribution in [2.75, 3.05) is 10.7 Å². The average molecular weight is 492 g/mol. The molecule has 1 aliphatic rings. The Morgan fingerprint density at radius 2 is 1.85 bits per heavy atom. The number of nitrogens with two attached hydrogens (primary N) is 1. The van der Waals surface area contributed by atoms with E-state index < -0.39 is 33.4 Å². The van der Waals surface area contributed by atoms with Crippen LogP contribution in [0.4, 0.5) is 10.1 Å². The molecule has 0 radical (unpaired) electrons. The van der Waals surface area contributed by atoms with Gasteiger partial charge in [0.05, 0.1) is 40.8 Å². The van der Waals surface area contributed by atoms with Gasteiger partial charge in [-0.1, -0.05) is 49.7 Å². The number of aromatic nitrogens is 3. The van der Waals surface area contributed by atoms with E-state index in [1.807, 2.05) is 20.8 Å². The van der Waals surface area contributed by atoms with Crippen LogP contribution < -0.4 is 10.6 Å². The van der Waals surface area contributed by atoms with Crippen molar-refractivity contribution in [1.29, 1.82) is 0 Å². The number of nitrogens with zero attached hydrogens (tertiary/aromatic N) is 4. The second-order valence-corrected chi connectivity index (χ2v) is 11.4. The van der Waals surface area contributed by atoms with Crippen LogP contribution in [-0.4, -0.2) is 41.1 Å². The monoisotopic (exact) mass is 491 g/mol. The highest BCUT2D eigenvalue weighted by Crippen LogP contribution is 2.35. The van der Waals surface area contributed by atoms with E-state index in [-0.39, 0.29) is 28.2 Å². The van der Waals surface area contributed by atoms with E-state index in [9.17, 15) is 13.2 Å². The van der Waals surface area contributed by atoms with Gasteiger partial charge in [0.1, 0.15) is 11.5 Å². The number of halogens is 2. The van der Waals surface area contributed by atoms with E-state index in [0.717, 1.165) is 6.07 Å². The Bertz CT molecular complexity index is 1330. The molecular weight excluding hydrogens is 469 g/mol. The molecule has 3 aromatic rings. The quantitative estimate of drug-likeness (QED) is 0.603. The third-order valence-electron chi connectivity index (χ3n) is 5.40. The summed E-state index contributed by atoms with van der Waals surface area (Å²) in [5.41, 5.74) is 6.93. The summed E-state index contributed by atoms with van der Waals surface area (Å²) < 4.78 is 42.3.